The van der Waals surface area contributed by atoms with Crippen molar-refractivity contribution in [2.45, 2.75) is 0 Å². The summed E-state index contributed by atoms with van der Waals surface area (Å²) in [7, 11) is 0. The summed E-state index contributed by atoms with van der Waals surface area (Å²) < 4.78 is 1.08. The molecule has 1 heterocycles. The van der Waals surface area contributed by atoms with Crippen LogP contribution in [0, 0.1) is 10.1 Å². The lowest BCUT2D eigenvalue weighted by Gasteiger charge is -1.97. The molecular formula is C17H10N2O2S. The second kappa shape index (κ2) is 4.89. The van der Waals surface area contributed by atoms with Crippen LogP contribution in [0.3, 0.4) is 0 Å². The normalized spacial score (nSPS) is 11.1. The Morgan fingerprint density at radius 1 is 1.00 bits per heavy atom. The molecule has 4 aromatic rings. The molecule has 0 saturated heterocycles. The molecule has 0 N–H and O–H groups in total. The number of rotatable bonds is 2. The van der Waals surface area contributed by atoms with Gasteiger partial charge in [-0.25, -0.2) is 4.98 Å². The van der Waals surface area contributed by atoms with E-state index >= 15 is 0 Å². The molecule has 0 aliphatic carbocycles. The van der Waals surface area contributed by atoms with Gasteiger partial charge in [0.05, 0.1) is 15.1 Å². The van der Waals surface area contributed by atoms with Gasteiger partial charge < -0.3 is 0 Å². The van der Waals surface area contributed by atoms with Crippen LogP contribution in [0.25, 0.3) is 31.6 Å². The number of thiazole rings is 1. The van der Waals surface area contributed by atoms with Crippen LogP contribution in [-0.2, 0) is 0 Å². The van der Waals surface area contributed by atoms with Crippen molar-refractivity contribution in [1.82, 2.24) is 4.98 Å². The standard InChI is InChI=1S/C17H10N2O2S/c20-19(21)13-6-3-5-12(10-13)17-18-16-14-7-2-1-4-11(14)8-9-15(16)22-17/h1-10H. The molecule has 22 heavy (non-hydrogen) atoms. The maximum Gasteiger partial charge on any atom is 0.270 e. The number of hydrogen-bond donors (Lipinski definition) is 0. The highest BCUT2D eigenvalue weighted by Crippen LogP contribution is 2.35. The van der Waals surface area contributed by atoms with Crippen molar-refractivity contribution in [1.29, 1.82) is 0 Å². The van der Waals surface area contributed by atoms with Crippen molar-refractivity contribution >= 4 is 38.0 Å². The molecule has 0 bridgehead atoms. The van der Waals surface area contributed by atoms with Crippen LogP contribution in [-0.4, -0.2) is 9.91 Å². The molecule has 0 fully saturated rings. The van der Waals surface area contributed by atoms with Gasteiger partial charge in [0.25, 0.3) is 5.69 Å². The van der Waals surface area contributed by atoms with Crippen LogP contribution in [0.1, 0.15) is 0 Å². The Kier molecular flexibility index (Phi) is 2.87. The molecule has 106 valence electrons. The van der Waals surface area contributed by atoms with Gasteiger partial charge in [0, 0.05) is 23.1 Å². The largest absolute Gasteiger partial charge is 0.270 e. The predicted molar refractivity (Wildman–Crippen MR) is 89.2 cm³/mol. The first-order valence-electron chi connectivity index (χ1n) is 6.75. The Balaban J connectivity index is 1.95. The molecular weight excluding hydrogens is 296 g/mol. The molecule has 3 aromatic carbocycles. The third kappa shape index (κ3) is 2.03. The SMILES string of the molecule is O=[N+]([O-])c1cccc(-c2nc3c(ccc4ccccc43)s2)c1. The van der Waals surface area contributed by atoms with Crippen LogP contribution in [0.2, 0.25) is 0 Å². The third-order valence-electron chi connectivity index (χ3n) is 3.59. The number of non-ortho nitro benzene ring substituents is 1. The van der Waals surface area contributed by atoms with Gasteiger partial charge >= 0.3 is 0 Å². The molecule has 0 amide bonds. The summed E-state index contributed by atoms with van der Waals surface area (Å²) in [6, 6.07) is 18.8. The van der Waals surface area contributed by atoms with Crippen molar-refractivity contribution in [3.8, 4) is 10.6 Å². The van der Waals surface area contributed by atoms with Gasteiger partial charge in [-0.2, -0.15) is 0 Å². The minimum atomic E-state index is -0.383. The maximum absolute atomic E-state index is 10.9. The first kappa shape index (κ1) is 12.9. The van der Waals surface area contributed by atoms with Crippen LogP contribution in [0.15, 0.2) is 60.7 Å². The van der Waals surface area contributed by atoms with Crippen molar-refractivity contribution < 1.29 is 4.92 Å². The molecule has 4 rings (SSSR count). The van der Waals surface area contributed by atoms with Crippen molar-refractivity contribution in [3.63, 3.8) is 0 Å². The van der Waals surface area contributed by atoms with Gasteiger partial charge in [-0.05, 0) is 11.5 Å². The highest BCUT2D eigenvalue weighted by atomic mass is 32.1. The van der Waals surface area contributed by atoms with Gasteiger partial charge in [0.2, 0.25) is 0 Å². The number of nitrogens with zero attached hydrogens (tertiary/aromatic N) is 2. The average Bonchev–Trinajstić information content (AvgIpc) is 2.99. The smallest absolute Gasteiger partial charge is 0.258 e. The molecule has 0 atom stereocenters. The Hall–Kier alpha value is -2.79. The summed E-state index contributed by atoms with van der Waals surface area (Å²) >= 11 is 1.55. The van der Waals surface area contributed by atoms with Gasteiger partial charge in [-0.1, -0.05) is 42.5 Å². The second-order valence-corrected chi connectivity index (χ2v) is 5.99. The molecule has 0 aliphatic heterocycles. The zero-order valence-electron chi connectivity index (χ0n) is 11.4. The Morgan fingerprint density at radius 3 is 2.73 bits per heavy atom. The van der Waals surface area contributed by atoms with Crippen molar-refractivity contribution in [3.05, 3.63) is 70.8 Å². The van der Waals surface area contributed by atoms with Crippen molar-refractivity contribution in [2.24, 2.45) is 0 Å². The van der Waals surface area contributed by atoms with E-state index in [0.29, 0.717) is 0 Å². The Morgan fingerprint density at radius 2 is 1.86 bits per heavy atom. The quantitative estimate of drug-likeness (QED) is 0.386. The van der Waals surface area contributed by atoms with E-state index in [-0.39, 0.29) is 10.6 Å². The molecule has 1 aromatic heterocycles. The van der Waals surface area contributed by atoms with E-state index in [9.17, 15) is 10.1 Å². The summed E-state index contributed by atoms with van der Waals surface area (Å²) in [6.45, 7) is 0. The number of nitro groups is 1. The first-order valence-corrected chi connectivity index (χ1v) is 7.57. The molecule has 0 aliphatic rings. The molecule has 5 heteroatoms. The van der Waals surface area contributed by atoms with Gasteiger partial charge in [0.15, 0.2) is 0 Å². The minimum absolute atomic E-state index is 0.0848. The van der Waals surface area contributed by atoms with Crippen LogP contribution in [0.5, 0.6) is 0 Å². The minimum Gasteiger partial charge on any atom is -0.258 e. The molecule has 0 spiro atoms. The van der Waals surface area contributed by atoms with Gasteiger partial charge in [-0.3, -0.25) is 10.1 Å². The van der Waals surface area contributed by atoms with E-state index in [1.54, 1.807) is 23.5 Å². The van der Waals surface area contributed by atoms with Crippen molar-refractivity contribution in [2.75, 3.05) is 0 Å². The van der Waals surface area contributed by atoms with E-state index in [2.05, 4.69) is 24.3 Å². The second-order valence-electron chi connectivity index (χ2n) is 4.96. The Bertz CT molecular complexity index is 1020. The lowest BCUT2D eigenvalue weighted by Crippen LogP contribution is -1.87. The summed E-state index contributed by atoms with van der Waals surface area (Å²) in [6.07, 6.45) is 0. The maximum atomic E-state index is 10.9. The zero-order chi connectivity index (χ0) is 15.1. The number of fused-ring (bicyclic) bond motifs is 3. The zero-order valence-corrected chi connectivity index (χ0v) is 12.2. The molecule has 0 saturated carbocycles. The van der Waals surface area contributed by atoms with Gasteiger partial charge in [0.1, 0.15) is 5.01 Å². The van der Waals surface area contributed by atoms with Gasteiger partial charge in [-0.15, -0.1) is 11.3 Å². The monoisotopic (exact) mass is 306 g/mol. The molecule has 4 nitrogen and oxygen atoms in total. The molecule has 0 unspecified atom stereocenters. The third-order valence-corrected chi connectivity index (χ3v) is 4.66. The highest BCUT2D eigenvalue weighted by Gasteiger charge is 2.12. The fourth-order valence-electron chi connectivity index (χ4n) is 2.54. The number of aromatic nitrogens is 1. The molecule has 0 radical (unpaired) electrons. The summed E-state index contributed by atoms with van der Waals surface area (Å²) in [5.74, 6) is 0. The summed E-state index contributed by atoms with van der Waals surface area (Å²) in [4.78, 5) is 15.2. The van der Waals surface area contributed by atoms with E-state index in [1.807, 2.05) is 18.2 Å². The van der Waals surface area contributed by atoms with Crippen LogP contribution < -0.4 is 0 Å². The fourth-order valence-corrected chi connectivity index (χ4v) is 3.52. The lowest BCUT2D eigenvalue weighted by molar-refractivity contribution is -0.384. The number of nitro benzene ring substituents is 1. The van der Waals surface area contributed by atoms with Crippen LogP contribution >= 0.6 is 11.3 Å². The van der Waals surface area contributed by atoms with E-state index < -0.39 is 0 Å². The summed E-state index contributed by atoms with van der Waals surface area (Å²) in [5, 5.41) is 14.0. The van der Waals surface area contributed by atoms with E-state index in [1.165, 1.54) is 6.07 Å². The average molecular weight is 306 g/mol. The predicted octanol–water partition coefficient (Wildman–Crippen LogP) is 5.02. The van der Waals surface area contributed by atoms with E-state index in [0.717, 1.165) is 31.6 Å². The first-order chi connectivity index (χ1) is 10.7. The highest BCUT2D eigenvalue weighted by molar-refractivity contribution is 7.21. The summed E-state index contributed by atoms with van der Waals surface area (Å²) in [5.41, 5.74) is 1.81. The fraction of sp³-hybridized carbons (Fsp3) is 0. The lowest BCUT2D eigenvalue weighted by atomic mass is 10.1. The number of benzene rings is 3. The van der Waals surface area contributed by atoms with E-state index in [4.69, 9.17) is 4.98 Å². The topological polar surface area (TPSA) is 56.0 Å². The van der Waals surface area contributed by atoms with Crippen LogP contribution in [0.4, 0.5) is 5.69 Å². The Labute approximate surface area is 129 Å². The number of hydrogen-bond acceptors (Lipinski definition) is 4.